The zero-order valence-corrected chi connectivity index (χ0v) is 12.3. The first-order chi connectivity index (χ1) is 8.70. The number of halogens is 1. The fourth-order valence-electron chi connectivity index (χ4n) is 1.58. The Morgan fingerprint density at radius 2 is 2.17 bits per heavy atom. The van der Waals surface area contributed by atoms with Gasteiger partial charge in [-0.1, -0.05) is 6.07 Å². The maximum Gasteiger partial charge on any atom is 0.123 e. The molecule has 2 aromatic rings. The molecular formula is C13H14BrNO2S. The van der Waals surface area contributed by atoms with E-state index in [4.69, 9.17) is 4.74 Å². The number of phenolic OH excluding ortho intramolecular Hbond substituents is 1. The van der Waals surface area contributed by atoms with E-state index in [1.807, 2.05) is 23.6 Å². The number of methoxy groups -OCH3 is 1. The zero-order valence-electron chi connectivity index (χ0n) is 9.94. The SMILES string of the molecule is COc1ccc(CNCc2sccc2Br)c(O)c1. The summed E-state index contributed by atoms with van der Waals surface area (Å²) < 4.78 is 6.17. The molecule has 2 N–H and O–H groups in total. The minimum Gasteiger partial charge on any atom is -0.507 e. The largest absolute Gasteiger partial charge is 0.507 e. The number of thiophene rings is 1. The lowest BCUT2D eigenvalue weighted by atomic mass is 10.2. The van der Waals surface area contributed by atoms with E-state index in [0.29, 0.717) is 12.3 Å². The smallest absolute Gasteiger partial charge is 0.123 e. The van der Waals surface area contributed by atoms with Gasteiger partial charge in [-0.25, -0.2) is 0 Å². The summed E-state index contributed by atoms with van der Waals surface area (Å²) in [5.74, 6) is 0.921. The van der Waals surface area contributed by atoms with E-state index >= 15 is 0 Å². The lowest BCUT2D eigenvalue weighted by Crippen LogP contribution is -2.12. The zero-order chi connectivity index (χ0) is 13.0. The molecule has 0 aliphatic carbocycles. The van der Waals surface area contributed by atoms with E-state index in [2.05, 4.69) is 21.2 Å². The van der Waals surface area contributed by atoms with E-state index < -0.39 is 0 Å². The number of aromatic hydroxyl groups is 1. The summed E-state index contributed by atoms with van der Waals surface area (Å²) in [6.07, 6.45) is 0. The van der Waals surface area contributed by atoms with Crippen molar-refractivity contribution in [3.8, 4) is 11.5 Å². The van der Waals surface area contributed by atoms with Gasteiger partial charge in [0.1, 0.15) is 11.5 Å². The summed E-state index contributed by atoms with van der Waals surface area (Å²) in [5, 5.41) is 15.2. The molecule has 0 bridgehead atoms. The third kappa shape index (κ3) is 3.25. The lowest BCUT2D eigenvalue weighted by Gasteiger charge is -2.08. The van der Waals surface area contributed by atoms with Gasteiger partial charge in [-0.05, 0) is 33.4 Å². The van der Waals surface area contributed by atoms with Crippen LogP contribution in [-0.2, 0) is 13.1 Å². The van der Waals surface area contributed by atoms with Crippen LogP contribution in [0.15, 0.2) is 34.1 Å². The minimum atomic E-state index is 0.257. The van der Waals surface area contributed by atoms with Crippen LogP contribution in [0.1, 0.15) is 10.4 Å². The average molecular weight is 328 g/mol. The van der Waals surface area contributed by atoms with Gasteiger partial charge in [0, 0.05) is 34.1 Å². The molecule has 0 radical (unpaired) electrons. The molecule has 0 spiro atoms. The van der Waals surface area contributed by atoms with E-state index in [0.717, 1.165) is 16.6 Å². The highest BCUT2D eigenvalue weighted by Crippen LogP contribution is 2.24. The number of rotatable bonds is 5. The van der Waals surface area contributed by atoms with Gasteiger partial charge >= 0.3 is 0 Å². The molecule has 18 heavy (non-hydrogen) atoms. The average Bonchev–Trinajstić information content (AvgIpc) is 2.77. The highest BCUT2D eigenvalue weighted by atomic mass is 79.9. The van der Waals surface area contributed by atoms with Gasteiger partial charge < -0.3 is 15.2 Å². The molecular weight excluding hydrogens is 314 g/mol. The summed E-state index contributed by atoms with van der Waals surface area (Å²) in [6, 6.07) is 7.37. The Hall–Kier alpha value is -1.04. The summed E-state index contributed by atoms with van der Waals surface area (Å²) in [7, 11) is 1.58. The molecule has 5 heteroatoms. The number of hydrogen-bond acceptors (Lipinski definition) is 4. The Morgan fingerprint density at radius 3 is 2.78 bits per heavy atom. The van der Waals surface area contributed by atoms with Crippen molar-refractivity contribution in [3.05, 3.63) is 44.6 Å². The number of nitrogens with one attached hydrogen (secondary N) is 1. The quantitative estimate of drug-likeness (QED) is 0.882. The normalized spacial score (nSPS) is 10.6. The van der Waals surface area contributed by atoms with Crippen molar-refractivity contribution >= 4 is 27.3 Å². The summed E-state index contributed by atoms with van der Waals surface area (Å²) in [4.78, 5) is 1.25. The van der Waals surface area contributed by atoms with Crippen LogP contribution >= 0.6 is 27.3 Å². The first kappa shape index (κ1) is 13.4. The molecule has 0 saturated carbocycles. The van der Waals surface area contributed by atoms with Crippen LogP contribution in [0, 0.1) is 0 Å². The summed E-state index contributed by atoms with van der Waals surface area (Å²) in [6.45, 7) is 1.41. The molecule has 1 aromatic heterocycles. The van der Waals surface area contributed by atoms with Crippen LogP contribution in [-0.4, -0.2) is 12.2 Å². The minimum absolute atomic E-state index is 0.257. The first-order valence-corrected chi connectivity index (χ1v) is 7.16. The Kier molecular flexibility index (Phi) is 4.63. The number of phenols is 1. The molecule has 2 rings (SSSR count). The van der Waals surface area contributed by atoms with Gasteiger partial charge in [0.25, 0.3) is 0 Å². The number of benzene rings is 1. The van der Waals surface area contributed by atoms with Gasteiger partial charge in [0.05, 0.1) is 7.11 Å². The molecule has 1 aromatic carbocycles. The molecule has 3 nitrogen and oxygen atoms in total. The maximum atomic E-state index is 9.81. The van der Waals surface area contributed by atoms with Crippen molar-refractivity contribution < 1.29 is 9.84 Å². The van der Waals surface area contributed by atoms with Crippen molar-refractivity contribution in [2.45, 2.75) is 13.1 Å². The highest BCUT2D eigenvalue weighted by molar-refractivity contribution is 9.10. The van der Waals surface area contributed by atoms with E-state index in [-0.39, 0.29) is 5.75 Å². The van der Waals surface area contributed by atoms with Gasteiger partial charge in [-0.15, -0.1) is 11.3 Å². The van der Waals surface area contributed by atoms with Crippen LogP contribution in [0.3, 0.4) is 0 Å². The molecule has 0 fully saturated rings. The second-order valence-corrected chi connectivity index (χ2v) is 5.64. The van der Waals surface area contributed by atoms with Gasteiger partial charge in [0.2, 0.25) is 0 Å². The van der Waals surface area contributed by atoms with Crippen molar-refractivity contribution in [3.63, 3.8) is 0 Å². The predicted octanol–water partition coefficient (Wildman–Crippen LogP) is 3.51. The molecule has 0 atom stereocenters. The molecule has 0 aliphatic heterocycles. The van der Waals surface area contributed by atoms with E-state index in [1.165, 1.54) is 4.88 Å². The number of ether oxygens (including phenoxy) is 1. The van der Waals surface area contributed by atoms with Gasteiger partial charge in [0.15, 0.2) is 0 Å². The molecule has 0 unspecified atom stereocenters. The Morgan fingerprint density at radius 1 is 1.33 bits per heavy atom. The fourth-order valence-corrected chi connectivity index (χ4v) is 3.04. The van der Waals surface area contributed by atoms with Crippen LogP contribution in [0.4, 0.5) is 0 Å². The Bertz CT molecular complexity index is 527. The Labute approximate surface area is 119 Å². The van der Waals surface area contributed by atoms with Gasteiger partial charge in [-0.2, -0.15) is 0 Å². The second kappa shape index (κ2) is 6.22. The van der Waals surface area contributed by atoms with Crippen molar-refractivity contribution in [2.75, 3.05) is 7.11 Å². The van der Waals surface area contributed by atoms with Crippen LogP contribution in [0.25, 0.3) is 0 Å². The molecule has 0 amide bonds. The Balaban J connectivity index is 1.92. The molecule has 96 valence electrons. The van der Waals surface area contributed by atoms with E-state index in [1.54, 1.807) is 24.5 Å². The standard InChI is InChI=1S/C13H14BrNO2S/c1-17-10-3-2-9(12(16)6-10)7-15-8-13-11(14)4-5-18-13/h2-6,15-16H,7-8H2,1H3. The van der Waals surface area contributed by atoms with E-state index in [9.17, 15) is 5.11 Å². The van der Waals surface area contributed by atoms with Crippen LogP contribution < -0.4 is 10.1 Å². The maximum absolute atomic E-state index is 9.81. The lowest BCUT2D eigenvalue weighted by molar-refractivity contribution is 0.406. The third-order valence-corrected chi connectivity index (χ3v) is 4.51. The summed E-state index contributed by atoms with van der Waals surface area (Å²) >= 11 is 5.19. The topological polar surface area (TPSA) is 41.5 Å². The van der Waals surface area contributed by atoms with Gasteiger partial charge in [-0.3, -0.25) is 0 Å². The molecule has 0 aliphatic rings. The third-order valence-electron chi connectivity index (χ3n) is 2.58. The number of hydrogen-bond donors (Lipinski definition) is 2. The van der Waals surface area contributed by atoms with Crippen molar-refractivity contribution in [1.29, 1.82) is 0 Å². The van der Waals surface area contributed by atoms with Crippen molar-refractivity contribution in [2.24, 2.45) is 0 Å². The van der Waals surface area contributed by atoms with Crippen LogP contribution in [0.2, 0.25) is 0 Å². The fraction of sp³-hybridized carbons (Fsp3) is 0.231. The molecule has 1 heterocycles. The summed E-state index contributed by atoms with van der Waals surface area (Å²) in [5.41, 5.74) is 0.864. The molecule has 0 saturated heterocycles. The van der Waals surface area contributed by atoms with Crippen LogP contribution in [0.5, 0.6) is 11.5 Å². The monoisotopic (exact) mass is 327 g/mol. The second-order valence-electron chi connectivity index (χ2n) is 3.79. The highest BCUT2D eigenvalue weighted by Gasteiger charge is 2.04. The predicted molar refractivity (Wildman–Crippen MR) is 77.2 cm³/mol. The van der Waals surface area contributed by atoms with Crippen molar-refractivity contribution in [1.82, 2.24) is 5.32 Å². The first-order valence-electron chi connectivity index (χ1n) is 5.49.